The summed E-state index contributed by atoms with van der Waals surface area (Å²) in [5.41, 5.74) is 11.2. The summed E-state index contributed by atoms with van der Waals surface area (Å²) in [5, 5.41) is 3.51. The number of azide groups is 1. The standard InChI is InChI=1S/C34H34N4O11/c1-38(11-7-10-36-37-35)33(40)48-30-22-15-25-24(46-18-47-25)14-21(22)28(29-23(30)17-44-32(29)39)20-12-26(42-2)31(27(13-20)43-3)49-34(41)45-16-19-8-5-4-6-9-19/h4-6,8-9,12-15,23,28-30H,7,10-11,16-18H2,1-3H3/t23-,28+,29-,30+/m0/s1. The van der Waals surface area contributed by atoms with Crippen molar-refractivity contribution in [2.75, 3.05) is 47.8 Å². The maximum Gasteiger partial charge on any atom is 0.514 e. The maximum atomic E-state index is 13.5. The molecule has 1 aliphatic carbocycles. The van der Waals surface area contributed by atoms with E-state index in [9.17, 15) is 14.4 Å². The zero-order valence-electron chi connectivity index (χ0n) is 27.0. The molecule has 0 saturated carbocycles. The fourth-order valence-electron chi connectivity index (χ4n) is 6.39. The third-order valence-electron chi connectivity index (χ3n) is 8.70. The minimum atomic E-state index is -0.962. The van der Waals surface area contributed by atoms with Crippen molar-refractivity contribution in [3.8, 4) is 28.7 Å². The van der Waals surface area contributed by atoms with E-state index in [4.69, 9.17) is 43.4 Å². The molecule has 15 nitrogen and oxygen atoms in total. The maximum absolute atomic E-state index is 13.5. The van der Waals surface area contributed by atoms with Crippen molar-refractivity contribution in [2.45, 2.75) is 25.0 Å². The number of methoxy groups -OCH3 is 2. The third kappa shape index (κ3) is 6.79. The molecular weight excluding hydrogens is 640 g/mol. The van der Waals surface area contributed by atoms with E-state index in [-0.39, 0.29) is 43.8 Å². The van der Waals surface area contributed by atoms with Crippen molar-refractivity contribution >= 4 is 18.2 Å². The van der Waals surface area contributed by atoms with Gasteiger partial charge in [0.1, 0.15) is 12.7 Å². The largest absolute Gasteiger partial charge is 0.514 e. The van der Waals surface area contributed by atoms with Crippen LogP contribution >= 0.6 is 0 Å². The van der Waals surface area contributed by atoms with Crippen LogP contribution in [0.5, 0.6) is 28.7 Å². The number of nitrogens with zero attached hydrogens (tertiary/aromatic N) is 4. The molecule has 0 aromatic heterocycles. The second kappa shape index (κ2) is 14.5. The quantitative estimate of drug-likeness (QED) is 0.0450. The highest BCUT2D eigenvalue weighted by Crippen LogP contribution is 2.56. The van der Waals surface area contributed by atoms with Gasteiger partial charge in [0.25, 0.3) is 0 Å². The summed E-state index contributed by atoms with van der Waals surface area (Å²) in [7, 11) is 4.41. The Bertz CT molecular complexity index is 1750. The number of hydrogen-bond donors (Lipinski definition) is 0. The van der Waals surface area contributed by atoms with Crippen LogP contribution < -0.4 is 23.7 Å². The molecule has 2 heterocycles. The lowest BCUT2D eigenvalue weighted by Gasteiger charge is -2.39. The highest BCUT2D eigenvalue weighted by Gasteiger charge is 2.54. The summed E-state index contributed by atoms with van der Waals surface area (Å²) in [6, 6.07) is 16.0. The monoisotopic (exact) mass is 674 g/mol. The van der Waals surface area contributed by atoms with Crippen molar-refractivity contribution < 1.29 is 52.3 Å². The van der Waals surface area contributed by atoms with Crippen LogP contribution in [0.15, 0.2) is 59.7 Å². The number of benzene rings is 3. The molecule has 1 fully saturated rings. The van der Waals surface area contributed by atoms with Gasteiger partial charge in [0, 0.05) is 42.4 Å². The summed E-state index contributed by atoms with van der Waals surface area (Å²) < 4.78 is 45.2. The van der Waals surface area contributed by atoms with Crippen molar-refractivity contribution in [1.29, 1.82) is 0 Å². The average molecular weight is 675 g/mol. The highest BCUT2D eigenvalue weighted by atomic mass is 16.7. The number of cyclic esters (lactones) is 1. The van der Waals surface area contributed by atoms with Gasteiger partial charge in [-0.2, -0.15) is 0 Å². The van der Waals surface area contributed by atoms with E-state index in [1.807, 2.05) is 30.3 Å². The van der Waals surface area contributed by atoms with E-state index in [2.05, 4.69) is 10.0 Å². The summed E-state index contributed by atoms with van der Waals surface area (Å²) in [4.78, 5) is 43.6. The van der Waals surface area contributed by atoms with Crippen LogP contribution in [0.1, 0.15) is 40.7 Å². The molecule has 0 bridgehead atoms. The number of hydrogen-bond acceptors (Lipinski definition) is 12. The molecule has 6 rings (SSSR count). The van der Waals surface area contributed by atoms with Crippen LogP contribution in [-0.2, 0) is 25.6 Å². The summed E-state index contributed by atoms with van der Waals surface area (Å²) >= 11 is 0. The molecule has 3 aromatic carbocycles. The van der Waals surface area contributed by atoms with Crippen molar-refractivity contribution in [3.05, 3.63) is 87.3 Å². The first-order chi connectivity index (χ1) is 23.8. The smallest absolute Gasteiger partial charge is 0.493 e. The van der Waals surface area contributed by atoms with Crippen LogP contribution in [0.3, 0.4) is 0 Å². The van der Waals surface area contributed by atoms with E-state index >= 15 is 0 Å². The molecule has 49 heavy (non-hydrogen) atoms. The summed E-state index contributed by atoms with van der Waals surface area (Å²) in [5.74, 6) is -1.20. The van der Waals surface area contributed by atoms with Crippen LogP contribution in [0, 0.1) is 11.8 Å². The van der Waals surface area contributed by atoms with Crippen LogP contribution in [0.2, 0.25) is 0 Å². The van der Waals surface area contributed by atoms with E-state index in [0.29, 0.717) is 41.2 Å². The number of fused-ring (bicyclic) bond motifs is 3. The Morgan fingerprint density at radius 3 is 2.37 bits per heavy atom. The van der Waals surface area contributed by atoms with Gasteiger partial charge < -0.3 is 42.8 Å². The molecule has 3 aromatic rings. The molecule has 1 saturated heterocycles. The van der Waals surface area contributed by atoms with E-state index in [1.54, 1.807) is 31.3 Å². The second-order valence-corrected chi connectivity index (χ2v) is 11.5. The van der Waals surface area contributed by atoms with Crippen LogP contribution in [0.25, 0.3) is 10.4 Å². The molecule has 256 valence electrons. The molecule has 4 atom stereocenters. The Morgan fingerprint density at radius 1 is 1.00 bits per heavy atom. The molecular formula is C34H34N4O11. The molecule has 2 aliphatic heterocycles. The zero-order valence-corrected chi connectivity index (χ0v) is 27.0. The second-order valence-electron chi connectivity index (χ2n) is 11.5. The Morgan fingerprint density at radius 2 is 1.69 bits per heavy atom. The first-order valence-corrected chi connectivity index (χ1v) is 15.5. The summed E-state index contributed by atoms with van der Waals surface area (Å²) in [6.07, 6.45) is -2.00. The minimum Gasteiger partial charge on any atom is -0.493 e. The average Bonchev–Trinajstić information content (AvgIpc) is 3.74. The van der Waals surface area contributed by atoms with Gasteiger partial charge in [-0.25, -0.2) is 9.59 Å². The number of rotatable bonds is 11. The highest BCUT2D eigenvalue weighted by molar-refractivity contribution is 5.79. The van der Waals surface area contributed by atoms with Crippen molar-refractivity contribution in [2.24, 2.45) is 17.0 Å². The number of esters is 1. The van der Waals surface area contributed by atoms with E-state index in [1.165, 1.54) is 19.1 Å². The molecule has 0 N–H and O–H groups in total. The Hall–Kier alpha value is -5.82. The van der Waals surface area contributed by atoms with Gasteiger partial charge in [-0.05, 0) is 52.9 Å². The molecule has 0 unspecified atom stereocenters. The van der Waals surface area contributed by atoms with Crippen molar-refractivity contribution in [3.63, 3.8) is 0 Å². The SMILES string of the molecule is COc1cc([C@@H]2c3cc4c(cc3[C@@H](OC(=O)N(C)CCCN=[N+]=[N-])[C@H]3COC(=O)[C@H]23)OCO4)cc(OC)c1OC(=O)OCc1ccccc1. The number of carbonyl (C=O) groups is 3. The van der Waals surface area contributed by atoms with Crippen LogP contribution in [0.4, 0.5) is 9.59 Å². The van der Waals surface area contributed by atoms with Gasteiger partial charge in [-0.1, -0.05) is 35.4 Å². The molecule has 0 spiro atoms. The van der Waals surface area contributed by atoms with Gasteiger partial charge >= 0.3 is 18.2 Å². The fourth-order valence-corrected chi connectivity index (χ4v) is 6.39. The molecule has 15 heteroatoms. The Labute approximate surface area is 281 Å². The first-order valence-electron chi connectivity index (χ1n) is 15.5. The molecule has 1 amide bonds. The predicted octanol–water partition coefficient (Wildman–Crippen LogP) is 5.89. The zero-order chi connectivity index (χ0) is 34.5. The number of carbonyl (C=O) groups excluding carboxylic acids is 3. The van der Waals surface area contributed by atoms with E-state index < -0.39 is 42.1 Å². The van der Waals surface area contributed by atoms with Gasteiger partial charge in [0.2, 0.25) is 12.5 Å². The Kier molecular flexibility index (Phi) is 9.81. The lowest BCUT2D eigenvalue weighted by atomic mass is 9.66. The fraction of sp³-hybridized carbons (Fsp3) is 0.382. The van der Waals surface area contributed by atoms with Crippen LogP contribution in [-0.4, -0.2) is 70.9 Å². The van der Waals surface area contributed by atoms with Gasteiger partial charge in [-0.15, -0.1) is 0 Å². The third-order valence-corrected chi connectivity index (χ3v) is 8.70. The minimum absolute atomic E-state index is 0.000188. The molecule has 0 radical (unpaired) electrons. The lowest BCUT2D eigenvalue weighted by Crippen LogP contribution is -2.39. The van der Waals surface area contributed by atoms with Gasteiger partial charge in [0.15, 0.2) is 23.0 Å². The topological polar surface area (TPSA) is 177 Å². The van der Waals surface area contributed by atoms with Gasteiger partial charge in [-0.3, -0.25) is 4.79 Å². The lowest BCUT2D eigenvalue weighted by molar-refractivity contribution is -0.141. The predicted molar refractivity (Wildman–Crippen MR) is 170 cm³/mol. The normalized spacial score (nSPS) is 19.8. The van der Waals surface area contributed by atoms with E-state index in [0.717, 1.165) is 5.56 Å². The first kappa shape index (κ1) is 33.1. The molecule has 3 aliphatic rings. The number of amides is 1. The van der Waals surface area contributed by atoms with Gasteiger partial charge in [0.05, 0.1) is 26.7 Å². The van der Waals surface area contributed by atoms with Crippen molar-refractivity contribution in [1.82, 2.24) is 4.90 Å². The Balaban J connectivity index is 1.35. The number of ether oxygens (including phenoxy) is 8. The summed E-state index contributed by atoms with van der Waals surface area (Å²) in [6.45, 7) is 0.530.